The summed E-state index contributed by atoms with van der Waals surface area (Å²) in [5.41, 5.74) is 4.71. The van der Waals surface area contributed by atoms with Crippen LogP contribution in [0.2, 0.25) is 0 Å². The molecule has 1 aromatic rings. The van der Waals surface area contributed by atoms with E-state index in [-0.39, 0.29) is 17.5 Å². The lowest BCUT2D eigenvalue weighted by Crippen LogP contribution is -2.37. The molecule has 1 saturated carbocycles. The van der Waals surface area contributed by atoms with Gasteiger partial charge in [0.25, 0.3) is 5.91 Å². The largest absolute Gasteiger partial charge is 0.394 e. The van der Waals surface area contributed by atoms with Crippen molar-refractivity contribution in [1.29, 1.82) is 0 Å². The summed E-state index contributed by atoms with van der Waals surface area (Å²) in [7, 11) is 0. The van der Waals surface area contributed by atoms with Crippen LogP contribution in [0, 0.1) is 17.6 Å². The summed E-state index contributed by atoms with van der Waals surface area (Å²) in [6.45, 7) is 0.705. The lowest BCUT2D eigenvalue weighted by Gasteiger charge is -2.27. The molecule has 1 aromatic carbocycles. The molecule has 1 aliphatic carbocycles. The monoisotopic (exact) mass is 252 g/mol. The van der Waals surface area contributed by atoms with Crippen LogP contribution in [0.4, 0.5) is 14.5 Å². The van der Waals surface area contributed by atoms with Crippen molar-refractivity contribution in [2.24, 2.45) is 5.92 Å². The maximum Gasteiger partial charge on any atom is 0.254 e. The predicted octanol–water partition coefficient (Wildman–Crippen LogP) is 2.17. The summed E-state index contributed by atoms with van der Waals surface area (Å²) in [4.78, 5) is 13.9. The number of anilines is 1. The number of nitrogens with zero attached hydrogens (tertiary/aromatic N) is 1. The first-order chi connectivity index (χ1) is 8.56. The summed E-state index contributed by atoms with van der Waals surface area (Å²) in [6.07, 6.45) is 3.17. The van der Waals surface area contributed by atoms with Crippen molar-refractivity contribution >= 4 is 11.6 Å². The van der Waals surface area contributed by atoms with Crippen LogP contribution >= 0.6 is 0 Å². The molecule has 2 unspecified atom stereocenters. The van der Waals surface area contributed by atoms with E-state index in [1.165, 1.54) is 0 Å². The fraction of sp³-hybridized carbons (Fsp3) is 0.462. The number of piperidine rings is 1. The van der Waals surface area contributed by atoms with Crippen LogP contribution in [0.3, 0.4) is 0 Å². The van der Waals surface area contributed by atoms with E-state index in [1.54, 1.807) is 4.90 Å². The van der Waals surface area contributed by atoms with Gasteiger partial charge in [-0.2, -0.15) is 0 Å². The Morgan fingerprint density at radius 2 is 1.94 bits per heavy atom. The Hall–Kier alpha value is -1.65. The van der Waals surface area contributed by atoms with Gasteiger partial charge in [0, 0.05) is 18.2 Å². The third-order valence-corrected chi connectivity index (χ3v) is 4.00. The van der Waals surface area contributed by atoms with Gasteiger partial charge in [-0.25, -0.2) is 8.78 Å². The molecule has 3 rings (SSSR count). The summed E-state index contributed by atoms with van der Waals surface area (Å²) in [5, 5.41) is 0. The molecule has 18 heavy (non-hydrogen) atoms. The first-order valence-electron chi connectivity index (χ1n) is 6.11. The zero-order chi connectivity index (χ0) is 12.9. The Kier molecular flexibility index (Phi) is 2.50. The number of rotatable bonds is 1. The predicted molar refractivity (Wildman–Crippen MR) is 62.9 cm³/mol. The van der Waals surface area contributed by atoms with Crippen LogP contribution in [0.5, 0.6) is 0 Å². The quantitative estimate of drug-likeness (QED) is 0.779. The van der Waals surface area contributed by atoms with Gasteiger partial charge < -0.3 is 10.6 Å². The molecule has 1 aliphatic heterocycles. The van der Waals surface area contributed by atoms with E-state index in [1.807, 2.05) is 0 Å². The van der Waals surface area contributed by atoms with Crippen LogP contribution in [-0.2, 0) is 0 Å². The molecule has 2 N–H and O–H groups in total. The fourth-order valence-corrected chi connectivity index (χ4v) is 3.05. The molecule has 96 valence electrons. The topological polar surface area (TPSA) is 46.3 Å². The molecule has 1 saturated heterocycles. The average molecular weight is 252 g/mol. The molecular weight excluding hydrogens is 238 g/mol. The lowest BCUT2D eigenvalue weighted by atomic mass is 10.1. The molecule has 2 aliphatic rings. The standard InChI is InChI=1S/C13H14F2N2O/c14-10-4-8(5-11(15)12(10)16)13(18)17-6-7-1-2-9(17)3-7/h4-5,7,9H,1-3,6,16H2. The highest BCUT2D eigenvalue weighted by atomic mass is 19.1. The van der Waals surface area contributed by atoms with Gasteiger partial charge in [0.15, 0.2) is 0 Å². The van der Waals surface area contributed by atoms with Gasteiger partial charge in [0.1, 0.15) is 17.3 Å². The Labute approximate surface area is 104 Å². The van der Waals surface area contributed by atoms with Gasteiger partial charge >= 0.3 is 0 Å². The van der Waals surface area contributed by atoms with Gasteiger partial charge in [-0.3, -0.25) is 4.79 Å². The number of hydrogen-bond acceptors (Lipinski definition) is 2. The minimum atomic E-state index is -0.872. The summed E-state index contributed by atoms with van der Waals surface area (Å²) in [6, 6.07) is 2.28. The van der Waals surface area contributed by atoms with Crippen molar-refractivity contribution in [3.63, 3.8) is 0 Å². The van der Waals surface area contributed by atoms with Gasteiger partial charge in [-0.1, -0.05) is 0 Å². The smallest absolute Gasteiger partial charge is 0.254 e. The average Bonchev–Trinajstić information content (AvgIpc) is 2.96. The number of nitrogen functional groups attached to an aromatic ring is 1. The fourth-order valence-electron chi connectivity index (χ4n) is 3.05. The van der Waals surface area contributed by atoms with E-state index < -0.39 is 17.3 Å². The molecule has 2 bridgehead atoms. The molecule has 0 radical (unpaired) electrons. The second kappa shape index (κ2) is 3.93. The normalized spacial score (nSPS) is 25.8. The Balaban J connectivity index is 1.89. The third kappa shape index (κ3) is 1.65. The minimum Gasteiger partial charge on any atom is -0.394 e. The molecule has 3 nitrogen and oxygen atoms in total. The number of carbonyl (C=O) groups is 1. The van der Waals surface area contributed by atoms with Crippen LogP contribution in [-0.4, -0.2) is 23.4 Å². The number of likely N-dealkylation sites (tertiary alicyclic amines) is 1. The zero-order valence-electron chi connectivity index (χ0n) is 9.83. The van der Waals surface area contributed by atoms with Gasteiger partial charge in [-0.05, 0) is 37.3 Å². The molecule has 2 fully saturated rings. The summed E-state index contributed by atoms with van der Waals surface area (Å²) >= 11 is 0. The van der Waals surface area contributed by atoms with E-state index in [2.05, 4.69) is 0 Å². The molecule has 5 heteroatoms. The number of hydrogen-bond donors (Lipinski definition) is 1. The van der Waals surface area contributed by atoms with E-state index in [0.717, 1.165) is 31.4 Å². The zero-order valence-corrected chi connectivity index (χ0v) is 9.83. The molecule has 2 atom stereocenters. The lowest BCUT2D eigenvalue weighted by molar-refractivity contribution is 0.0702. The van der Waals surface area contributed by atoms with Crippen LogP contribution in [0.15, 0.2) is 12.1 Å². The number of benzene rings is 1. The highest BCUT2D eigenvalue weighted by Crippen LogP contribution is 2.38. The SMILES string of the molecule is Nc1c(F)cc(C(=O)N2CC3CCC2C3)cc1F. The molecular formula is C13H14F2N2O. The Bertz CT molecular complexity index is 495. The first kappa shape index (κ1) is 11.4. The number of nitrogens with two attached hydrogens (primary N) is 1. The van der Waals surface area contributed by atoms with Crippen molar-refractivity contribution in [2.75, 3.05) is 12.3 Å². The highest BCUT2D eigenvalue weighted by Gasteiger charge is 2.40. The number of amides is 1. The number of halogens is 2. The van der Waals surface area contributed by atoms with Crippen LogP contribution in [0.25, 0.3) is 0 Å². The molecule has 1 heterocycles. The van der Waals surface area contributed by atoms with Crippen molar-refractivity contribution in [3.8, 4) is 0 Å². The van der Waals surface area contributed by atoms with Crippen molar-refractivity contribution in [2.45, 2.75) is 25.3 Å². The van der Waals surface area contributed by atoms with Crippen LogP contribution in [0.1, 0.15) is 29.6 Å². The second-order valence-corrected chi connectivity index (χ2v) is 5.14. The number of carbonyl (C=O) groups excluding carboxylic acids is 1. The van der Waals surface area contributed by atoms with Gasteiger partial charge in [0.2, 0.25) is 0 Å². The Morgan fingerprint density at radius 3 is 2.44 bits per heavy atom. The van der Waals surface area contributed by atoms with Gasteiger partial charge in [-0.15, -0.1) is 0 Å². The summed E-state index contributed by atoms with van der Waals surface area (Å²) in [5.74, 6) is -1.48. The van der Waals surface area contributed by atoms with E-state index in [0.29, 0.717) is 12.5 Å². The van der Waals surface area contributed by atoms with Crippen molar-refractivity contribution in [3.05, 3.63) is 29.3 Å². The second-order valence-electron chi connectivity index (χ2n) is 5.14. The maximum atomic E-state index is 13.3. The first-order valence-corrected chi connectivity index (χ1v) is 6.11. The molecule has 1 amide bonds. The number of fused-ring (bicyclic) bond motifs is 2. The molecule has 0 aromatic heterocycles. The third-order valence-electron chi connectivity index (χ3n) is 4.00. The van der Waals surface area contributed by atoms with E-state index in [4.69, 9.17) is 5.73 Å². The van der Waals surface area contributed by atoms with Gasteiger partial charge in [0.05, 0.1) is 0 Å². The Morgan fingerprint density at radius 1 is 1.28 bits per heavy atom. The maximum absolute atomic E-state index is 13.3. The highest BCUT2D eigenvalue weighted by molar-refractivity contribution is 5.95. The summed E-state index contributed by atoms with van der Waals surface area (Å²) < 4.78 is 26.7. The van der Waals surface area contributed by atoms with Crippen LogP contribution < -0.4 is 5.73 Å². The van der Waals surface area contributed by atoms with E-state index in [9.17, 15) is 13.6 Å². The molecule has 0 spiro atoms. The van der Waals surface area contributed by atoms with Crippen molar-refractivity contribution in [1.82, 2.24) is 4.90 Å². The van der Waals surface area contributed by atoms with E-state index >= 15 is 0 Å². The minimum absolute atomic E-state index is 0.0479. The van der Waals surface area contributed by atoms with Crippen molar-refractivity contribution < 1.29 is 13.6 Å².